The van der Waals surface area contributed by atoms with Crippen molar-refractivity contribution >= 4 is 13.7 Å². The van der Waals surface area contributed by atoms with Crippen molar-refractivity contribution in [2.75, 3.05) is 26.0 Å². The van der Waals surface area contributed by atoms with Crippen LogP contribution >= 0.6 is 7.60 Å². The number of ether oxygens (including phenoxy) is 1. The van der Waals surface area contributed by atoms with E-state index in [1.54, 1.807) is 6.08 Å². The van der Waals surface area contributed by atoms with Gasteiger partial charge in [0.05, 0.1) is 26.0 Å². The second kappa shape index (κ2) is 9.78. The Bertz CT molecular complexity index is 446. The van der Waals surface area contributed by atoms with Gasteiger partial charge in [0.15, 0.2) is 0 Å². The first-order valence-corrected chi connectivity index (χ1v) is 9.09. The zero-order valence-electron chi connectivity index (χ0n) is 12.9. The molecular weight excluding hydrogens is 287 g/mol. The molecule has 0 spiro atoms. The van der Waals surface area contributed by atoms with Crippen molar-refractivity contribution in [1.29, 1.82) is 0 Å². The number of unbranched alkanes of at least 4 members (excludes halogenated alkanes) is 1. The summed E-state index contributed by atoms with van der Waals surface area (Å²) < 4.78 is 28.3. The molecule has 118 valence electrons. The highest BCUT2D eigenvalue weighted by Gasteiger charge is 2.22. The number of benzene rings is 1. The van der Waals surface area contributed by atoms with Crippen LogP contribution in [0.3, 0.4) is 0 Å². The molecule has 1 rings (SSSR count). The Labute approximate surface area is 127 Å². The summed E-state index contributed by atoms with van der Waals surface area (Å²) in [5.41, 5.74) is 1.07. The molecular formula is C16H25O4P. The fraction of sp³-hybridized carbons (Fsp3) is 0.500. The van der Waals surface area contributed by atoms with Crippen LogP contribution in [0.2, 0.25) is 0 Å². The highest BCUT2D eigenvalue weighted by Crippen LogP contribution is 2.48. The van der Waals surface area contributed by atoms with Gasteiger partial charge in [-0.15, -0.1) is 0 Å². The van der Waals surface area contributed by atoms with Crippen molar-refractivity contribution in [2.24, 2.45) is 0 Å². The van der Waals surface area contributed by atoms with E-state index in [2.05, 4.69) is 6.58 Å². The fourth-order valence-corrected chi connectivity index (χ4v) is 3.59. The van der Waals surface area contributed by atoms with Crippen LogP contribution in [-0.2, 0) is 13.6 Å². The third kappa shape index (κ3) is 6.94. The van der Waals surface area contributed by atoms with Crippen molar-refractivity contribution < 1.29 is 18.3 Å². The number of hydrogen-bond acceptors (Lipinski definition) is 4. The minimum atomic E-state index is -2.91. The Morgan fingerprint density at radius 3 is 2.24 bits per heavy atom. The first-order chi connectivity index (χ1) is 10.1. The van der Waals surface area contributed by atoms with Gasteiger partial charge in [-0.1, -0.05) is 24.8 Å². The summed E-state index contributed by atoms with van der Waals surface area (Å²) in [6.45, 7) is 8.75. The predicted octanol–water partition coefficient (Wildman–Crippen LogP) is 4.75. The van der Waals surface area contributed by atoms with Crippen molar-refractivity contribution in [3.8, 4) is 5.75 Å². The average Bonchev–Trinajstić information content (AvgIpc) is 2.48. The Hall–Kier alpha value is -1.09. The predicted molar refractivity (Wildman–Crippen MR) is 87.0 cm³/mol. The van der Waals surface area contributed by atoms with E-state index in [0.29, 0.717) is 26.0 Å². The normalized spacial score (nSPS) is 11.3. The van der Waals surface area contributed by atoms with Crippen LogP contribution in [0.25, 0.3) is 6.08 Å². The second-order valence-electron chi connectivity index (χ2n) is 4.50. The lowest BCUT2D eigenvalue weighted by Gasteiger charge is -2.16. The lowest BCUT2D eigenvalue weighted by molar-refractivity contribution is 0.218. The monoisotopic (exact) mass is 312 g/mol. The van der Waals surface area contributed by atoms with E-state index >= 15 is 0 Å². The van der Waals surface area contributed by atoms with Crippen molar-refractivity contribution in [1.82, 2.24) is 0 Å². The zero-order chi connectivity index (χ0) is 15.6. The van der Waals surface area contributed by atoms with E-state index < -0.39 is 7.60 Å². The first kappa shape index (κ1) is 18.0. The van der Waals surface area contributed by atoms with Crippen LogP contribution in [0, 0.1) is 0 Å². The molecule has 0 N–H and O–H groups in total. The Morgan fingerprint density at radius 2 is 1.71 bits per heavy atom. The molecule has 0 saturated carbocycles. The molecule has 0 radical (unpaired) electrons. The van der Waals surface area contributed by atoms with Gasteiger partial charge >= 0.3 is 7.60 Å². The molecule has 0 unspecified atom stereocenters. The molecule has 1 aromatic rings. The van der Waals surface area contributed by atoms with Crippen LogP contribution in [0.15, 0.2) is 30.8 Å². The minimum absolute atomic E-state index is 0.406. The van der Waals surface area contributed by atoms with E-state index in [1.165, 1.54) is 0 Å². The van der Waals surface area contributed by atoms with Gasteiger partial charge in [-0.25, -0.2) is 0 Å². The lowest BCUT2D eigenvalue weighted by atomic mass is 10.2. The maximum atomic E-state index is 12.2. The Balaban J connectivity index is 2.26. The highest BCUT2D eigenvalue weighted by molar-refractivity contribution is 7.53. The summed E-state index contributed by atoms with van der Waals surface area (Å²) in [6.07, 6.45) is 3.80. The smallest absolute Gasteiger partial charge is 0.330 e. The SMILES string of the molecule is C=Cc1ccc(OCCCCP(=O)(OCC)OCC)cc1. The zero-order valence-corrected chi connectivity index (χ0v) is 13.8. The maximum absolute atomic E-state index is 12.2. The summed E-state index contributed by atoms with van der Waals surface area (Å²) in [5.74, 6) is 0.832. The van der Waals surface area contributed by atoms with Gasteiger partial charge in [-0.3, -0.25) is 4.57 Å². The molecule has 4 nitrogen and oxygen atoms in total. The largest absolute Gasteiger partial charge is 0.494 e. The molecule has 0 heterocycles. The summed E-state index contributed by atoms with van der Waals surface area (Å²) in [5, 5.41) is 0. The Kier molecular flexibility index (Phi) is 8.36. The lowest BCUT2D eigenvalue weighted by Crippen LogP contribution is -2.03. The standard InChI is InChI=1S/C16H25O4P/c1-4-15-9-11-16(12-10-15)18-13-7-8-14-21(17,19-5-2)20-6-3/h4,9-12H,1,5-8,13-14H2,2-3H3. The van der Waals surface area contributed by atoms with Gasteiger partial charge in [0.1, 0.15) is 5.75 Å². The summed E-state index contributed by atoms with van der Waals surface area (Å²) in [6, 6.07) is 7.76. The van der Waals surface area contributed by atoms with Crippen molar-refractivity contribution in [3.05, 3.63) is 36.4 Å². The summed E-state index contributed by atoms with van der Waals surface area (Å²) in [7, 11) is -2.91. The molecule has 0 aliphatic heterocycles. The van der Waals surface area contributed by atoms with Gasteiger partial charge in [-0.2, -0.15) is 0 Å². The first-order valence-electron chi connectivity index (χ1n) is 7.37. The quantitative estimate of drug-likeness (QED) is 0.437. The molecule has 0 aliphatic carbocycles. The average molecular weight is 312 g/mol. The summed E-state index contributed by atoms with van der Waals surface area (Å²) >= 11 is 0. The molecule has 21 heavy (non-hydrogen) atoms. The van der Waals surface area contributed by atoms with Crippen LogP contribution < -0.4 is 4.74 Å². The molecule has 0 aliphatic rings. The topological polar surface area (TPSA) is 44.8 Å². The third-order valence-corrected chi connectivity index (χ3v) is 5.03. The van der Waals surface area contributed by atoms with E-state index in [4.69, 9.17) is 13.8 Å². The number of hydrogen-bond donors (Lipinski definition) is 0. The number of rotatable bonds is 11. The molecule has 0 bridgehead atoms. The van der Waals surface area contributed by atoms with Gasteiger partial charge in [0.25, 0.3) is 0 Å². The minimum Gasteiger partial charge on any atom is -0.494 e. The molecule has 0 fully saturated rings. The van der Waals surface area contributed by atoms with Gasteiger partial charge < -0.3 is 13.8 Å². The fourth-order valence-electron chi connectivity index (χ4n) is 1.86. The molecule has 0 saturated heterocycles. The van der Waals surface area contributed by atoms with E-state index in [9.17, 15) is 4.57 Å². The van der Waals surface area contributed by atoms with Crippen molar-refractivity contribution in [2.45, 2.75) is 26.7 Å². The van der Waals surface area contributed by atoms with Crippen LogP contribution in [0.4, 0.5) is 0 Å². The van der Waals surface area contributed by atoms with E-state index in [-0.39, 0.29) is 0 Å². The molecule has 1 aromatic carbocycles. The molecule has 0 amide bonds. The molecule has 0 atom stereocenters. The third-order valence-electron chi connectivity index (χ3n) is 2.86. The van der Waals surface area contributed by atoms with Crippen LogP contribution in [0.1, 0.15) is 32.3 Å². The maximum Gasteiger partial charge on any atom is 0.330 e. The summed E-state index contributed by atoms with van der Waals surface area (Å²) in [4.78, 5) is 0. The Morgan fingerprint density at radius 1 is 1.10 bits per heavy atom. The van der Waals surface area contributed by atoms with Crippen LogP contribution in [0.5, 0.6) is 5.75 Å². The van der Waals surface area contributed by atoms with Gasteiger partial charge in [-0.05, 0) is 44.4 Å². The van der Waals surface area contributed by atoms with E-state index in [1.807, 2.05) is 38.1 Å². The van der Waals surface area contributed by atoms with Crippen molar-refractivity contribution in [3.63, 3.8) is 0 Å². The van der Waals surface area contributed by atoms with Crippen LogP contribution in [-0.4, -0.2) is 26.0 Å². The molecule has 5 heteroatoms. The molecule has 0 aromatic heterocycles. The second-order valence-corrected chi connectivity index (χ2v) is 6.68. The van der Waals surface area contributed by atoms with Gasteiger partial charge in [0, 0.05) is 0 Å². The highest BCUT2D eigenvalue weighted by atomic mass is 31.2. The van der Waals surface area contributed by atoms with E-state index in [0.717, 1.165) is 24.2 Å². The van der Waals surface area contributed by atoms with Gasteiger partial charge in [0.2, 0.25) is 0 Å².